The Bertz CT molecular complexity index is 923. The van der Waals surface area contributed by atoms with Crippen LogP contribution in [0.15, 0.2) is 66.7 Å². The molecule has 24 heavy (non-hydrogen) atoms. The Morgan fingerprint density at radius 3 is 2.33 bits per heavy atom. The van der Waals surface area contributed by atoms with Crippen molar-refractivity contribution in [3.05, 3.63) is 99.6 Å². The smallest absolute Gasteiger partial charge is 0.115 e. The van der Waals surface area contributed by atoms with Crippen LogP contribution >= 0.6 is 11.6 Å². The van der Waals surface area contributed by atoms with Crippen molar-refractivity contribution in [1.82, 2.24) is 0 Å². The number of halogens is 1. The fourth-order valence-corrected chi connectivity index (χ4v) is 3.53. The van der Waals surface area contributed by atoms with E-state index in [9.17, 15) is 5.11 Å². The topological polar surface area (TPSA) is 20.2 Å². The highest BCUT2D eigenvalue weighted by atomic mass is 35.5. The first-order valence-electron chi connectivity index (χ1n) is 8.08. The molecule has 0 amide bonds. The van der Waals surface area contributed by atoms with Crippen LogP contribution < -0.4 is 0 Å². The van der Waals surface area contributed by atoms with Gasteiger partial charge < -0.3 is 5.11 Å². The minimum Gasteiger partial charge on any atom is -0.508 e. The molecule has 4 rings (SSSR count). The van der Waals surface area contributed by atoms with E-state index in [1.54, 1.807) is 12.1 Å². The van der Waals surface area contributed by atoms with Crippen LogP contribution in [-0.2, 0) is 12.8 Å². The van der Waals surface area contributed by atoms with Gasteiger partial charge in [-0.3, -0.25) is 0 Å². The summed E-state index contributed by atoms with van der Waals surface area (Å²) in [7, 11) is 0. The minimum absolute atomic E-state index is 0.283. The number of aryl methyl sites for hydroxylation is 2. The Kier molecular flexibility index (Phi) is 3.87. The zero-order valence-corrected chi connectivity index (χ0v) is 13.9. The first-order chi connectivity index (χ1) is 11.7. The number of fused-ring (bicyclic) bond motifs is 2. The maximum Gasteiger partial charge on any atom is 0.115 e. The van der Waals surface area contributed by atoms with Crippen molar-refractivity contribution in [2.45, 2.75) is 12.8 Å². The van der Waals surface area contributed by atoms with Gasteiger partial charge in [0, 0.05) is 5.02 Å². The highest BCUT2D eigenvalue weighted by molar-refractivity contribution is 6.30. The maximum absolute atomic E-state index is 9.52. The fourth-order valence-electron chi connectivity index (χ4n) is 3.34. The first kappa shape index (κ1) is 15.0. The summed E-state index contributed by atoms with van der Waals surface area (Å²) in [5.41, 5.74) is 7.42. The summed E-state index contributed by atoms with van der Waals surface area (Å²) in [4.78, 5) is 0. The molecule has 1 N–H and O–H groups in total. The van der Waals surface area contributed by atoms with Gasteiger partial charge in [-0.25, -0.2) is 0 Å². The molecule has 2 heteroatoms. The van der Waals surface area contributed by atoms with Gasteiger partial charge in [-0.05, 0) is 76.6 Å². The number of hydrogen-bond acceptors (Lipinski definition) is 1. The van der Waals surface area contributed by atoms with E-state index in [2.05, 4.69) is 42.5 Å². The Labute approximate surface area is 146 Å². The second-order valence-electron chi connectivity index (χ2n) is 6.11. The molecule has 0 aromatic heterocycles. The van der Waals surface area contributed by atoms with Crippen molar-refractivity contribution < 1.29 is 5.11 Å². The average Bonchev–Trinajstić information content (AvgIpc) is 2.74. The third-order valence-electron chi connectivity index (χ3n) is 4.53. The van der Waals surface area contributed by atoms with E-state index in [-0.39, 0.29) is 5.75 Å². The standard InChI is InChI=1S/C22H17ClO/c23-18-9-12-21-17(14-18)8-7-16-3-1-2-4-20(16)22(21)13-15-5-10-19(24)11-6-15/h1-6,9-14,24H,7-8H2/b22-13-. The quantitative estimate of drug-likeness (QED) is 0.603. The van der Waals surface area contributed by atoms with Crippen molar-refractivity contribution in [3.8, 4) is 5.75 Å². The van der Waals surface area contributed by atoms with Crippen molar-refractivity contribution in [1.29, 1.82) is 0 Å². The van der Waals surface area contributed by atoms with Gasteiger partial charge in [0.25, 0.3) is 0 Å². The Balaban J connectivity index is 1.95. The molecule has 0 saturated carbocycles. The van der Waals surface area contributed by atoms with Crippen LogP contribution in [0.25, 0.3) is 11.6 Å². The summed E-state index contributed by atoms with van der Waals surface area (Å²) in [6.07, 6.45) is 4.19. The van der Waals surface area contributed by atoms with Crippen LogP contribution in [0.5, 0.6) is 5.75 Å². The molecule has 0 saturated heterocycles. The summed E-state index contributed by atoms with van der Waals surface area (Å²) >= 11 is 6.22. The molecule has 0 bridgehead atoms. The lowest BCUT2D eigenvalue weighted by Gasteiger charge is -2.12. The van der Waals surface area contributed by atoms with E-state index in [0.717, 1.165) is 23.4 Å². The molecule has 1 nitrogen and oxygen atoms in total. The van der Waals surface area contributed by atoms with Gasteiger partial charge in [0.15, 0.2) is 0 Å². The molecule has 3 aromatic rings. The molecule has 3 aromatic carbocycles. The Morgan fingerprint density at radius 1 is 0.792 bits per heavy atom. The fraction of sp³-hybridized carbons (Fsp3) is 0.0909. The zero-order chi connectivity index (χ0) is 16.5. The van der Waals surface area contributed by atoms with E-state index in [4.69, 9.17) is 11.6 Å². The molecule has 1 aliphatic rings. The van der Waals surface area contributed by atoms with Gasteiger partial charge in [-0.2, -0.15) is 0 Å². The monoisotopic (exact) mass is 332 g/mol. The molecular weight excluding hydrogens is 316 g/mol. The molecular formula is C22H17ClO. The van der Waals surface area contributed by atoms with E-state index < -0.39 is 0 Å². The van der Waals surface area contributed by atoms with Crippen LogP contribution in [0.3, 0.4) is 0 Å². The Morgan fingerprint density at radius 2 is 1.50 bits per heavy atom. The number of aromatic hydroxyl groups is 1. The van der Waals surface area contributed by atoms with E-state index in [0.29, 0.717) is 0 Å². The van der Waals surface area contributed by atoms with Gasteiger partial charge >= 0.3 is 0 Å². The van der Waals surface area contributed by atoms with Crippen LogP contribution in [-0.4, -0.2) is 5.11 Å². The van der Waals surface area contributed by atoms with Gasteiger partial charge in [0.05, 0.1) is 0 Å². The molecule has 118 valence electrons. The van der Waals surface area contributed by atoms with Crippen LogP contribution in [0.2, 0.25) is 5.02 Å². The summed E-state index contributed by atoms with van der Waals surface area (Å²) in [5, 5.41) is 10.3. The predicted octanol–water partition coefficient (Wildman–Crippen LogP) is 5.73. The Hall–Kier alpha value is -2.51. The number of phenols is 1. The lowest BCUT2D eigenvalue weighted by molar-refractivity contribution is 0.475. The average molecular weight is 333 g/mol. The summed E-state index contributed by atoms with van der Waals surface area (Å²) in [5.74, 6) is 0.283. The minimum atomic E-state index is 0.283. The molecule has 0 heterocycles. The third kappa shape index (κ3) is 2.83. The second kappa shape index (κ2) is 6.18. The van der Waals surface area contributed by atoms with Crippen LogP contribution in [0, 0.1) is 0 Å². The molecule has 0 unspecified atom stereocenters. The van der Waals surface area contributed by atoms with Gasteiger partial charge in [-0.1, -0.05) is 54.1 Å². The number of benzene rings is 3. The van der Waals surface area contributed by atoms with Crippen molar-refractivity contribution in [2.24, 2.45) is 0 Å². The van der Waals surface area contributed by atoms with Crippen molar-refractivity contribution in [3.63, 3.8) is 0 Å². The summed E-state index contributed by atoms with van der Waals surface area (Å²) in [6.45, 7) is 0. The number of rotatable bonds is 1. The predicted molar refractivity (Wildman–Crippen MR) is 100 cm³/mol. The lowest BCUT2D eigenvalue weighted by Crippen LogP contribution is -1.92. The molecule has 0 spiro atoms. The molecule has 0 radical (unpaired) electrons. The van der Waals surface area contributed by atoms with Crippen molar-refractivity contribution >= 4 is 23.3 Å². The first-order valence-corrected chi connectivity index (χ1v) is 8.46. The lowest BCUT2D eigenvalue weighted by atomic mass is 9.92. The molecule has 0 fully saturated rings. The zero-order valence-electron chi connectivity index (χ0n) is 13.2. The van der Waals surface area contributed by atoms with Gasteiger partial charge in [-0.15, -0.1) is 0 Å². The van der Waals surface area contributed by atoms with E-state index in [1.807, 2.05) is 18.2 Å². The summed E-state index contributed by atoms with van der Waals surface area (Å²) in [6, 6.07) is 22.0. The maximum atomic E-state index is 9.52. The van der Waals surface area contributed by atoms with Crippen molar-refractivity contribution in [2.75, 3.05) is 0 Å². The van der Waals surface area contributed by atoms with E-state index >= 15 is 0 Å². The van der Waals surface area contributed by atoms with Gasteiger partial charge in [0.2, 0.25) is 0 Å². The SMILES string of the molecule is Oc1ccc(/C=C2/c3ccccc3CCc3cc(Cl)ccc32)cc1. The normalized spacial score (nSPS) is 14.8. The van der Waals surface area contributed by atoms with Crippen LogP contribution in [0.1, 0.15) is 27.8 Å². The highest BCUT2D eigenvalue weighted by Gasteiger charge is 2.18. The number of phenolic OH excluding ortho intramolecular Hbond substituents is 1. The largest absolute Gasteiger partial charge is 0.508 e. The third-order valence-corrected chi connectivity index (χ3v) is 4.77. The molecule has 0 atom stereocenters. The summed E-state index contributed by atoms with van der Waals surface area (Å²) < 4.78 is 0. The van der Waals surface area contributed by atoms with Crippen LogP contribution in [0.4, 0.5) is 0 Å². The highest BCUT2D eigenvalue weighted by Crippen LogP contribution is 2.36. The van der Waals surface area contributed by atoms with E-state index in [1.165, 1.54) is 27.8 Å². The second-order valence-corrected chi connectivity index (χ2v) is 6.54. The number of hydrogen-bond donors (Lipinski definition) is 1. The molecule has 1 aliphatic carbocycles. The molecule has 0 aliphatic heterocycles. The van der Waals surface area contributed by atoms with Gasteiger partial charge in [0.1, 0.15) is 5.75 Å².